The number of carboxylic acids is 1. The van der Waals surface area contributed by atoms with E-state index in [4.69, 9.17) is 4.42 Å². The molecule has 1 amide bonds. The van der Waals surface area contributed by atoms with Crippen LogP contribution in [-0.4, -0.2) is 28.6 Å². The van der Waals surface area contributed by atoms with Gasteiger partial charge in [-0.05, 0) is 48.4 Å². The van der Waals surface area contributed by atoms with Crippen molar-refractivity contribution >= 4 is 22.8 Å². The predicted molar refractivity (Wildman–Crippen MR) is 125 cm³/mol. The highest BCUT2D eigenvalue weighted by Gasteiger charge is 2.23. The Labute approximate surface area is 189 Å². The number of phenolic OH excluding ortho intramolecular Hbond substituents is 1. The Morgan fingerprint density at radius 3 is 2.52 bits per heavy atom. The van der Waals surface area contributed by atoms with Crippen molar-refractivity contribution in [2.24, 2.45) is 0 Å². The summed E-state index contributed by atoms with van der Waals surface area (Å²) in [7, 11) is 0. The van der Waals surface area contributed by atoms with Crippen LogP contribution in [-0.2, 0) is 0 Å². The van der Waals surface area contributed by atoms with E-state index in [-0.39, 0.29) is 34.0 Å². The van der Waals surface area contributed by atoms with Crippen LogP contribution in [0.15, 0.2) is 63.8 Å². The van der Waals surface area contributed by atoms with Crippen LogP contribution < -0.4 is 10.7 Å². The van der Waals surface area contributed by atoms with E-state index in [2.05, 4.69) is 12.2 Å². The molecule has 33 heavy (non-hydrogen) atoms. The van der Waals surface area contributed by atoms with Gasteiger partial charge in [-0.25, -0.2) is 4.79 Å². The van der Waals surface area contributed by atoms with Crippen LogP contribution in [0.4, 0.5) is 0 Å². The maximum absolute atomic E-state index is 12.5. The molecule has 1 aliphatic carbocycles. The molecule has 0 saturated carbocycles. The van der Waals surface area contributed by atoms with Gasteiger partial charge in [0.05, 0.1) is 5.56 Å². The van der Waals surface area contributed by atoms with Crippen LogP contribution in [0, 0.1) is 0 Å². The third-order valence-electron chi connectivity index (χ3n) is 5.52. The molecule has 3 N–H and O–H groups in total. The van der Waals surface area contributed by atoms with Crippen LogP contribution in [0.1, 0.15) is 46.9 Å². The van der Waals surface area contributed by atoms with Crippen molar-refractivity contribution < 1.29 is 24.2 Å². The molecule has 7 nitrogen and oxygen atoms in total. The molecule has 2 aromatic carbocycles. The van der Waals surface area contributed by atoms with Crippen molar-refractivity contribution in [1.29, 1.82) is 0 Å². The van der Waals surface area contributed by atoms with E-state index in [1.165, 1.54) is 30.3 Å². The van der Waals surface area contributed by atoms with Gasteiger partial charge in [0.15, 0.2) is 5.43 Å². The summed E-state index contributed by atoms with van der Waals surface area (Å²) in [6, 6.07) is 13.3. The van der Waals surface area contributed by atoms with E-state index in [1.54, 1.807) is 24.3 Å². The minimum atomic E-state index is -1.19. The van der Waals surface area contributed by atoms with E-state index >= 15 is 0 Å². The number of hydrogen-bond donors (Lipinski definition) is 3. The van der Waals surface area contributed by atoms with Crippen molar-refractivity contribution in [2.45, 2.75) is 26.2 Å². The topological polar surface area (TPSA) is 117 Å². The zero-order valence-electron chi connectivity index (χ0n) is 18.1. The van der Waals surface area contributed by atoms with Gasteiger partial charge in [-0.15, -0.1) is 0 Å². The van der Waals surface area contributed by atoms with Gasteiger partial charge < -0.3 is 19.9 Å². The first kappa shape index (κ1) is 22.1. The quantitative estimate of drug-likeness (QED) is 0.275. The number of rotatable bonds is 7. The first-order valence-electron chi connectivity index (χ1n) is 10.7. The summed E-state index contributed by atoms with van der Waals surface area (Å²) in [5.41, 5.74) is 1.71. The molecule has 4 rings (SSSR count). The molecule has 2 aromatic rings. The molecular weight excluding hydrogens is 422 g/mol. The third kappa shape index (κ3) is 4.43. The number of unbranched alkanes of at least 4 members (excludes halogenated alkanes) is 2. The number of nitrogens with one attached hydrogen (secondary N) is 1. The first-order chi connectivity index (χ1) is 15.9. The summed E-state index contributed by atoms with van der Waals surface area (Å²) in [6.45, 7) is 2.59. The Morgan fingerprint density at radius 2 is 1.76 bits per heavy atom. The molecule has 0 radical (unpaired) electrons. The Bertz CT molecular complexity index is 1390. The van der Waals surface area contributed by atoms with Gasteiger partial charge in [0, 0.05) is 40.8 Å². The molecule has 0 fully saturated rings. The van der Waals surface area contributed by atoms with Crippen molar-refractivity contribution in [2.75, 3.05) is 6.54 Å². The minimum absolute atomic E-state index is 0.0246. The number of benzene rings is 3. The van der Waals surface area contributed by atoms with Crippen molar-refractivity contribution in [3.05, 3.63) is 75.9 Å². The number of carbonyl (C=O) groups is 2. The maximum atomic E-state index is 12.5. The molecule has 0 spiro atoms. The summed E-state index contributed by atoms with van der Waals surface area (Å²) in [6.07, 6.45) is 2.89. The minimum Gasteiger partial charge on any atom is -0.508 e. The second-order valence-corrected chi connectivity index (χ2v) is 7.84. The standard InChI is InChI=1S/C26H23NO6/c1-2-3-4-11-27-25(30)15-5-8-18(21(12-15)26(31)32)24-19-9-6-16(28)13-22(19)33-23-14-17(29)7-10-20(23)24/h5-10,12-14,28H,2-4,11H2,1H3,(H,27,30)(H,31,32). The molecule has 168 valence electrons. The largest absolute Gasteiger partial charge is 0.508 e. The number of carbonyl (C=O) groups excluding carboxylic acids is 1. The number of fused-ring (bicyclic) bond motifs is 2. The number of amides is 1. The van der Waals surface area contributed by atoms with Crippen molar-refractivity contribution in [1.82, 2.24) is 5.32 Å². The summed E-state index contributed by atoms with van der Waals surface area (Å²) in [4.78, 5) is 36.7. The van der Waals surface area contributed by atoms with Crippen molar-refractivity contribution in [3.8, 4) is 28.2 Å². The van der Waals surface area contributed by atoms with E-state index in [0.717, 1.165) is 19.3 Å². The normalized spacial score (nSPS) is 11.1. The summed E-state index contributed by atoms with van der Waals surface area (Å²) in [5, 5.41) is 23.3. The Balaban J connectivity index is 1.89. The van der Waals surface area contributed by atoms with E-state index in [0.29, 0.717) is 34.2 Å². The lowest BCUT2D eigenvalue weighted by Gasteiger charge is -2.17. The van der Waals surface area contributed by atoms with Gasteiger partial charge in [0.2, 0.25) is 0 Å². The second-order valence-electron chi connectivity index (χ2n) is 7.84. The van der Waals surface area contributed by atoms with E-state index in [9.17, 15) is 24.6 Å². The number of phenols is 1. The monoisotopic (exact) mass is 445 g/mol. The average Bonchev–Trinajstić information content (AvgIpc) is 2.79. The van der Waals surface area contributed by atoms with Crippen LogP contribution in [0.3, 0.4) is 0 Å². The van der Waals surface area contributed by atoms with Gasteiger partial charge in [0.25, 0.3) is 5.91 Å². The van der Waals surface area contributed by atoms with Gasteiger partial charge in [0.1, 0.15) is 17.1 Å². The Morgan fingerprint density at radius 1 is 0.970 bits per heavy atom. The van der Waals surface area contributed by atoms with Gasteiger partial charge in [-0.3, -0.25) is 9.59 Å². The fraction of sp³-hybridized carbons (Fsp3) is 0.192. The fourth-order valence-corrected chi connectivity index (χ4v) is 3.91. The number of aromatic hydroxyl groups is 1. The molecule has 0 atom stereocenters. The molecule has 1 aliphatic heterocycles. The lowest BCUT2D eigenvalue weighted by molar-refractivity contribution is 0.0697. The van der Waals surface area contributed by atoms with Crippen LogP contribution in [0.2, 0.25) is 0 Å². The molecule has 2 aliphatic rings. The first-order valence-corrected chi connectivity index (χ1v) is 10.7. The Kier molecular flexibility index (Phi) is 6.13. The van der Waals surface area contributed by atoms with Crippen molar-refractivity contribution in [3.63, 3.8) is 0 Å². The van der Waals surface area contributed by atoms with E-state index < -0.39 is 5.97 Å². The lowest BCUT2D eigenvalue weighted by Crippen LogP contribution is -2.24. The summed E-state index contributed by atoms with van der Waals surface area (Å²) >= 11 is 0. The second kappa shape index (κ2) is 9.16. The highest BCUT2D eigenvalue weighted by Crippen LogP contribution is 2.42. The molecule has 0 aromatic heterocycles. The predicted octanol–water partition coefficient (Wildman–Crippen LogP) is 4.89. The van der Waals surface area contributed by atoms with Crippen LogP contribution in [0.25, 0.3) is 33.4 Å². The van der Waals surface area contributed by atoms with E-state index in [1.807, 2.05) is 0 Å². The highest BCUT2D eigenvalue weighted by atomic mass is 16.4. The van der Waals surface area contributed by atoms with Gasteiger partial charge in [-0.2, -0.15) is 0 Å². The van der Waals surface area contributed by atoms with Gasteiger partial charge >= 0.3 is 5.97 Å². The highest BCUT2D eigenvalue weighted by molar-refractivity contribution is 6.09. The summed E-state index contributed by atoms with van der Waals surface area (Å²) in [5.74, 6) is -1.28. The van der Waals surface area contributed by atoms with Crippen LogP contribution in [0.5, 0.6) is 5.75 Å². The molecule has 7 heteroatoms. The number of hydrogen-bond acceptors (Lipinski definition) is 5. The fourth-order valence-electron chi connectivity index (χ4n) is 3.91. The van der Waals surface area contributed by atoms with Crippen LogP contribution >= 0.6 is 0 Å². The molecular formula is C26H23NO6. The number of aromatic carboxylic acids is 1. The zero-order valence-corrected chi connectivity index (χ0v) is 18.1. The summed E-state index contributed by atoms with van der Waals surface area (Å²) < 4.78 is 5.82. The smallest absolute Gasteiger partial charge is 0.336 e. The third-order valence-corrected chi connectivity index (χ3v) is 5.52. The maximum Gasteiger partial charge on any atom is 0.336 e. The molecule has 0 bridgehead atoms. The molecule has 1 heterocycles. The SMILES string of the molecule is CCCCCNC(=O)c1ccc(-c2c3ccc(=O)cc-3oc3cc(O)ccc23)c(C(=O)O)c1. The lowest BCUT2D eigenvalue weighted by atomic mass is 9.90. The average molecular weight is 445 g/mol. The Hall–Kier alpha value is -4.13. The van der Waals surface area contributed by atoms with Gasteiger partial charge in [-0.1, -0.05) is 25.8 Å². The molecule has 0 saturated heterocycles. The molecule has 0 unspecified atom stereocenters. The number of carboxylic acid groups (broad SMARTS) is 1. The zero-order chi connectivity index (χ0) is 23.5.